The van der Waals surface area contributed by atoms with Crippen LogP contribution in [-0.2, 0) is 0 Å². The smallest absolute Gasteiger partial charge is 0.258 e. The van der Waals surface area contributed by atoms with Gasteiger partial charge in [0.15, 0.2) is 0 Å². The minimum Gasteiger partial charge on any atom is -0.481 e. The molecule has 0 radical (unpaired) electrons. The van der Waals surface area contributed by atoms with E-state index in [1.807, 2.05) is 0 Å². The van der Waals surface area contributed by atoms with Gasteiger partial charge in [0, 0.05) is 18.0 Å². The van der Waals surface area contributed by atoms with Crippen LogP contribution >= 0.6 is 0 Å². The number of methoxy groups -OCH3 is 1. The van der Waals surface area contributed by atoms with Crippen molar-refractivity contribution in [3.8, 4) is 5.88 Å². The van der Waals surface area contributed by atoms with Gasteiger partial charge in [0.05, 0.1) is 12.7 Å². The van der Waals surface area contributed by atoms with Gasteiger partial charge in [-0.25, -0.2) is 13.8 Å². The summed E-state index contributed by atoms with van der Waals surface area (Å²) in [5.74, 6) is -1.92. The second-order valence-electron chi connectivity index (χ2n) is 3.67. The van der Waals surface area contributed by atoms with Crippen molar-refractivity contribution in [2.75, 3.05) is 12.4 Å². The first kappa shape index (κ1) is 12.9. The minimum atomic E-state index is -0.792. The average Bonchev–Trinajstić information content (AvgIpc) is 2.41. The van der Waals surface area contributed by atoms with Gasteiger partial charge in [0.1, 0.15) is 11.6 Å². The van der Waals surface area contributed by atoms with E-state index in [0.717, 1.165) is 18.2 Å². The molecule has 2 aromatic rings. The summed E-state index contributed by atoms with van der Waals surface area (Å²) < 4.78 is 31.3. The Morgan fingerprint density at radius 2 is 2.05 bits per heavy atom. The highest BCUT2D eigenvalue weighted by Gasteiger charge is 2.13. The van der Waals surface area contributed by atoms with Gasteiger partial charge in [-0.1, -0.05) is 0 Å². The maximum atomic E-state index is 13.4. The lowest BCUT2D eigenvalue weighted by molar-refractivity contribution is 0.102. The lowest BCUT2D eigenvalue weighted by Crippen LogP contribution is -2.14. The topological polar surface area (TPSA) is 51.2 Å². The number of carbonyl (C=O) groups excluding carboxylic acids is 1. The van der Waals surface area contributed by atoms with Crippen molar-refractivity contribution in [3.63, 3.8) is 0 Å². The molecule has 0 atom stereocenters. The first-order chi connectivity index (χ1) is 9.10. The van der Waals surface area contributed by atoms with Crippen LogP contribution in [0.15, 0.2) is 36.5 Å². The van der Waals surface area contributed by atoms with E-state index in [4.69, 9.17) is 4.74 Å². The number of hydrogen-bond acceptors (Lipinski definition) is 3. The van der Waals surface area contributed by atoms with Crippen molar-refractivity contribution < 1.29 is 18.3 Å². The zero-order chi connectivity index (χ0) is 13.8. The van der Waals surface area contributed by atoms with Crippen molar-refractivity contribution in [3.05, 3.63) is 53.7 Å². The third kappa shape index (κ3) is 3.04. The molecule has 4 nitrogen and oxygen atoms in total. The first-order valence-electron chi connectivity index (χ1n) is 5.36. The molecule has 0 aliphatic heterocycles. The van der Waals surface area contributed by atoms with Gasteiger partial charge in [0.25, 0.3) is 5.91 Å². The maximum Gasteiger partial charge on any atom is 0.258 e. The van der Waals surface area contributed by atoms with E-state index in [1.165, 1.54) is 25.4 Å². The third-order valence-corrected chi connectivity index (χ3v) is 2.37. The summed E-state index contributed by atoms with van der Waals surface area (Å²) in [5.41, 5.74) is 0.0105. The predicted molar refractivity (Wildman–Crippen MR) is 65.1 cm³/mol. The predicted octanol–water partition coefficient (Wildman–Crippen LogP) is 2.62. The van der Waals surface area contributed by atoms with Gasteiger partial charge < -0.3 is 10.1 Å². The fraction of sp³-hybridized carbons (Fsp3) is 0.0769. The SMILES string of the molecule is COc1cc(NC(=O)c2cc(F)ccc2F)ccn1. The quantitative estimate of drug-likeness (QED) is 0.927. The molecule has 1 aromatic carbocycles. The van der Waals surface area contributed by atoms with E-state index < -0.39 is 17.5 Å². The van der Waals surface area contributed by atoms with Crippen molar-refractivity contribution in [1.82, 2.24) is 4.98 Å². The van der Waals surface area contributed by atoms with Crippen LogP contribution in [0.2, 0.25) is 0 Å². The number of ether oxygens (including phenoxy) is 1. The normalized spacial score (nSPS) is 10.1. The van der Waals surface area contributed by atoms with E-state index >= 15 is 0 Å². The van der Waals surface area contributed by atoms with Crippen LogP contribution in [0.1, 0.15) is 10.4 Å². The monoisotopic (exact) mass is 264 g/mol. The Balaban J connectivity index is 2.23. The van der Waals surface area contributed by atoms with Crippen molar-refractivity contribution in [2.45, 2.75) is 0 Å². The zero-order valence-electron chi connectivity index (χ0n) is 9.98. The molecule has 0 bridgehead atoms. The Morgan fingerprint density at radius 3 is 2.79 bits per heavy atom. The van der Waals surface area contributed by atoms with Crippen molar-refractivity contribution in [2.24, 2.45) is 0 Å². The standard InChI is InChI=1S/C13H10F2N2O2/c1-19-12-7-9(4-5-16-12)17-13(18)10-6-8(14)2-3-11(10)15/h2-7H,1H3,(H,16,17,18). The second-order valence-corrected chi connectivity index (χ2v) is 3.67. The highest BCUT2D eigenvalue weighted by molar-refractivity contribution is 6.04. The Kier molecular flexibility index (Phi) is 3.70. The van der Waals surface area contributed by atoms with Crippen LogP contribution in [0.25, 0.3) is 0 Å². The molecule has 2 rings (SSSR count). The van der Waals surface area contributed by atoms with Crippen LogP contribution < -0.4 is 10.1 Å². The molecule has 0 unspecified atom stereocenters. The lowest BCUT2D eigenvalue weighted by atomic mass is 10.2. The molecule has 0 saturated heterocycles. The van der Waals surface area contributed by atoms with Crippen LogP contribution in [0.4, 0.5) is 14.5 Å². The van der Waals surface area contributed by atoms with E-state index in [1.54, 1.807) is 0 Å². The summed E-state index contributed by atoms with van der Waals surface area (Å²) >= 11 is 0. The number of carbonyl (C=O) groups is 1. The fourth-order valence-corrected chi connectivity index (χ4v) is 1.47. The number of benzene rings is 1. The third-order valence-electron chi connectivity index (χ3n) is 2.37. The highest BCUT2D eigenvalue weighted by Crippen LogP contribution is 2.16. The molecule has 0 aliphatic rings. The number of aromatic nitrogens is 1. The van der Waals surface area contributed by atoms with Gasteiger partial charge >= 0.3 is 0 Å². The summed E-state index contributed by atoms with van der Waals surface area (Å²) in [6.07, 6.45) is 1.43. The van der Waals surface area contributed by atoms with E-state index in [0.29, 0.717) is 11.6 Å². The van der Waals surface area contributed by atoms with Crippen LogP contribution in [-0.4, -0.2) is 18.0 Å². The van der Waals surface area contributed by atoms with E-state index in [9.17, 15) is 13.6 Å². The van der Waals surface area contributed by atoms with Crippen LogP contribution in [0.5, 0.6) is 5.88 Å². The number of amides is 1. The maximum absolute atomic E-state index is 13.4. The molecule has 1 aromatic heterocycles. The zero-order valence-corrected chi connectivity index (χ0v) is 9.98. The average molecular weight is 264 g/mol. The molecule has 6 heteroatoms. The highest BCUT2D eigenvalue weighted by atomic mass is 19.1. The number of anilines is 1. The van der Waals surface area contributed by atoms with Crippen molar-refractivity contribution in [1.29, 1.82) is 0 Å². The summed E-state index contributed by atoms with van der Waals surface area (Å²) in [4.78, 5) is 15.7. The molecule has 0 saturated carbocycles. The number of halogens is 2. The Bertz CT molecular complexity index is 617. The number of nitrogens with one attached hydrogen (secondary N) is 1. The summed E-state index contributed by atoms with van der Waals surface area (Å²) in [6.45, 7) is 0. The number of pyridine rings is 1. The van der Waals surface area contributed by atoms with E-state index in [-0.39, 0.29) is 5.56 Å². The number of rotatable bonds is 3. The largest absolute Gasteiger partial charge is 0.481 e. The molecular weight excluding hydrogens is 254 g/mol. The number of hydrogen-bond donors (Lipinski definition) is 1. The molecule has 1 N–H and O–H groups in total. The van der Waals surface area contributed by atoms with E-state index in [2.05, 4.69) is 10.3 Å². The van der Waals surface area contributed by atoms with Gasteiger partial charge in [-0.15, -0.1) is 0 Å². The van der Waals surface area contributed by atoms with Gasteiger partial charge in [0.2, 0.25) is 5.88 Å². The molecule has 0 spiro atoms. The Morgan fingerprint density at radius 1 is 1.26 bits per heavy atom. The summed E-state index contributed by atoms with van der Waals surface area (Å²) in [6, 6.07) is 5.66. The molecule has 1 amide bonds. The second kappa shape index (κ2) is 5.43. The fourth-order valence-electron chi connectivity index (χ4n) is 1.47. The summed E-state index contributed by atoms with van der Waals surface area (Å²) in [7, 11) is 1.43. The van der Waals surface area contributed by atoms with Gasteiger partial charge in [-0.05, 0) is 24.3 Å². The lowest BCUT2D eigenvalue weighted by Gasteiger charge is -2.07. The molecule has 98 valence electrons. The molecule has 19 heavy (non-hydrogen) atoms. The molecule has 0 aliphatic carbocycles. The Hall–Kier alpha value is -2.50. The number of nitrogens with zero attached hydrogens (tertiary/aromatic N) is 1. The van der Waals surface area contributed by atoms with Crippen molar-refractivity contribution >= 4 is 11.6 Å². The summed E-state index contributed by atoms with van der Waals surface area (Å²) in [5, 5.41) is 2.44. The van der Waals surface area contributed by atoms with Crippen LogP contribution in [0.3, 0.4) is 0 Å². The van der Waals surface area contributed by atoms with Gasteiger partial charge in [-0.2, -0.15) is 0 Å². The minimum absolute atomic E-state index is 0.303. The first-order valence-corrected chi connectivity index (χ1v) is 5.36. The van der Waals surface area contributed by atoms with Crippen LogP contribution in [0, 0.1) is 11.6 Å². The van der Waals surface area contributed by atoms with Gasteiger partial charge in [-0.3, -0.25) is 4.79 Å². The molecular formula is C13H10F2N2O2. The molecule has 0 fully saturated rings. The Labute approximate surface area is 108 Å². The molecule has 1 heterocycles.